The van der Waals surface area contributed by atoms with Crippen molar-refractivity contribution in [3.8, 4) is 0 Å². The molecule has 1 aliphatic rings. The van der Waals surface area contributed by atoms with Gasteiger partial charge in [0.1, 0.15) is 0 Å². The summed E-state index contributed by atoms with van der Waals surface area (Å²) in [6, 6.07) is 10.6. The fourth-order valence-electron chi connectivity index (χ4n) is 2.25. The summed E-state index contributed by atoms with van der Waals surface area (Å²) in [5.74, 6) is 0. The van der Waals surface area contributed by atoms with Gasteiger partial charge in [0.25, 0.3) is 0 Å². The van der Waals surface area contributed by atoms with Gasteiger partial charge in [-0.3, -0.25) is 0 Å². The number of hydrogen-bond donors (Lipinski definition) is 2. The van der Waals surface area contributed by atoms with Gasteiger partial charge in [-0.2, -0.15) is 0 Å². The second-order valence-electron chi connectivity index (χ2n) is 4.67. The zero-order valence-electron chi connectivity index (χ0n) is 10.2. The molecule has 0 amide bonds. The monoisotopic (exact) mass is 231 g/mol. The van der Waals surface area contributed by atoms with Gasteiger partial charge >= 0.3 is 0 Å². The Labute approximate surface area is 103 Å². The third-order valence-corrected chi connectivity index (χ3v) is 3.32. The highest BCUT2D eigenvalue weighted by Gasteiger charge is 2.18. The van der Waals surface area contributed by atoms with Gasteiger partial charge in [-0.1, -0.05) is 42.5 Å². The fourth-order valence-corrected chi connectivity index (χ4v) is 2.25. The van der Waals surface area contributed by atoms with Gasteiger partial charge in [0.2, 0.25) is 0 Å². The van der Waals surface area contributed by atoms with E-state index in [-0.39, 0.29) is 12.1 Å². The van der Waals surface area contributed by atoms with E-state index in [0.29, 0.717) is 0 Å². The van der Waals surface area contributed by atoms with Crippen molar-refractivity contribution in [1.29, 1.82) is 0 Å². The largest absolute Gasteiger partial charge is 0.391 e. The molecule has 1 aliphatic carbocycles. The van der Waals surface area contributed by atoms with Crippen LogP contribution in [0, 0.1) is 0 Å². The Kier molecular flexibility index (Phi) is 4.77. The highest BCUT2D eigenvalue weighted by Crippen LogP contribution is 2.14. The van der Waals surface area contributed by atoms with Crippen LogP contribution >= 0.6 is 0 Å². The molecule has 0 saturated heterocycles. The van der Waals surface area contributed by atoms with Crippen molar-refractivity contribution in [3.63, 3.8) is 0 Å². The van der Waals surface area contributed by atoms with E-state index in [0.717, 1.165) is 32.2 Å². The summed E-state index contributed by atoms with van der Waals surface area (Å²) in [6.07, 6.45) is 8.12. The topological polar surface area (TPSA) is 32.3 Å². The molecule has 0 radical (unpaired) electrons. The fraction of sp³-hybridized carbons (Fsp3) is 0.467. The average molecular weight is 231 g/mol. The molecule has 2 atom stereocenters. The van der Waals surface area contributed by atoms with E-state index in [4.69, 9.17) is 0 Å². The quantitative estimate of drug-likeness (QED) is 0.784. The normalized spacial score (nSPS) is 27.1. The van der Waals surface area contributed by atoms with E-state index < -0.39 is 0 Å². The molecular weight excluding hydrogens is 210 g/mol. The van der Waals surface area contributed by atoms with E-state index in [2.05, 4.69) is 29.6 Å². The summed E-state index contributed by atoms with van der Waals surface area (Å²) < 4.78 is 0. The smallest absolute Gasteiger partial charge is 0.0696 e. The molecule has 0 aliphatic heterocycles. The molecule has 0 unspecified atom stereocenters. The van der Waals surface area contributed by atoms with Crippen molar-refractivity contribution in [1.82, 2.24) is 5.32 Å². The van der Waals surface area contributed by atoms with E-state index in [1.165, 1.54) is 5.56 Å². The van der Waals surface area contributed by atoms with E-state index in [1.54, 1.807) is 0 Å². The van der Waals surface area contributed by atoms with E-state index >= 15 is 0 Å². The maximum Gasteiger partial charge on any atom is 0.0696 e. The molecule has 2 N–H and O–H groups in total. The predicted octanol–water partition coefficient (Wildman–Crippen LogP) is 2.64. The third kappa shape index (κ3) is 3.99. The molecule has 0 heterocycles. The van der Waals surface area contributed by atoms with Crippen LogP contribution in [0.2, 0.25) is 0 Å². The summed E-state index contributed by atoms with van der Waals surface area (Å²) >= 11 is 0. The van der Waals surface area contributed by atoms with Crippen LogP contribution in [0.1, 0.15) is 31.2 Å². The van der Waals surface area contributed by atoms with Crippen LogP contribution in [-0.2, 0) is 6.54 Å². The molecule has 2 rings (SSSR count). The number of aliphatic hydroxyl groups is 1. The van der Waals surface area contributed by atoms with Crippen LogP contribution in [0.4, 0.5) is 0 Å². The Balaban J connectivity index is 1.86. The molecule has 17 heavy (non-hydrogen) atoms. The maximum atomic E-state index is 10.1. The highest BCUT2D eigenvalue weighted by molar-refractivity contribution is 5.14. The minimum atomic E-state index is -0.219. The van der Waals surface area contributed by atoms with Gasteiger partial charge in [0.15, 0.2) is 0 Å². The number of benzene rings is 1. The Bertz CT molecular complexity index is 347. The molecular formula is C15H21NO. The molecule has 92 valence electrons. The molecule has 1 aromatic carbocycles. The molecule has 0 spiro atoms. The zero-order chi connectivity index (χ0) is 11.9. The second kappa shape index (κ2) is 6.58. The van der Waals surface area contributed by atoms with Crippen LogP contribution in [0.15, 0.2) is 42.5 Å². The van der Waals surface area contributed by atoms with Crippen LogP contribution in [0.5, 0.6) is 0 Å². The van der Waals surface area contributed by atoms with Crippen LogP contribution in [0.3, 0.4) is 0 Å². The predicted molar refractivity (Wildman–Crippen MR) is 70.7 cm³/mol. The first kappa shape index (κ1) is 12.3. The third-order valence-electron chi connectivity index (χ3n) is 3.32. The summed E-state index contributed by atoms with van der Waals surface area (Å²) in [5.41, 5.74) is 1.28. The Hall–Kier alpha value is -1.12. The van der Waals surface area contributed by atoms with Crippen LogP contribution in [0.25, 0.3) is 0 Å². The first-order valence-electron chi connectivity index (χ1n) is 6.46. The lowest BCUT2D eigenvalue weighted by Crippen LogP contribution is -2.39. The van der Waals surface area contributed by atoms with Crippen LogP contribution in [-0.4, -0.2) is 17.3 Å². The van der Waals surface area contributed by atoms with Crippen molar-refractivity contribution in [2.45, 2.75) is 44.4 Å². The number of nitrogens with one attached hydrogen (secondary N) is 1. The summed E-state index contributed by atoms with van der Waals surface area (Å²) in [6.45, 7) is 0.840. The number of allylic oxidation sites excluding steroid dienone is 2. The van der Waals surface area contributed by atoms with Gasteiger partial charge in [-0.25, -0.2) is 0 Å². The van der Waals surface area contributed by atoms with Crippen molar-refractivity contribution < 1.29 is 5.11 Å². The molecule has 0 aromatic heterocycles. The molecule has 2 nitrogen and oxygen atoms in total. The minimum absolute atomic E-state index is 0.219. The van der Waals surface area contributed by atoms with Crippen molar-refractivity contribution in [3.05, 3.63) is 48.0 Å². The summed E-state index contributed by atoms with van der Waals surface area (Å²) in [5, 5.41) is 13.5. The molecule has 0 bridgehead atoms. The number of aliphatic hydroxyl groups excluding tert-OH is 1. The highest BCUT2D eigenvalue weighted by atomic mass is 16.3. The Morgan fingerprint density at radius 1 is 1.06 bits per heavy atom. The summed E-state index contributed by atoms with van der Waals surface area (Å²) in [4.78, 5) is 0. The Morgan fingerprint density at radius 3 is 2.53 bits per heavy atom. The lowest BCUT2D eigenvalue weighted by Gasteiger charge is -2.25. The van der Waals surface area contributed by atoms with Crippen LogP contribution < -0.4 is 5.32 Å². The van der Waals surface area contributed by atoms with Gasteiger partial charge in [-0.15, -0.1) is 0 Å². The number of hydrogen-bond acceptors (Lipinski definition) is 2. The van der Waals surface area contributed by atoms with Crippen molar-refractivity contribution in [2.75, 3.05) is 0 Å². The lowest BCUT2D eigenvalue weighted by molar-refractivity contribution is 0.113. The lowest BCUT2D eigenvalue weighted by atomic mass is 9.98. The van der Waals surface area contributed by atoms with Gasteiger partial charge in [-0.05, 0) is 31.2 Å². The SMILES string of the molecule is O[C@H]1CC/C=C\CC[C@@H]1NCc1ccccc1. The minimum Gasteiger partial charge on any atom is -0.391 e. The first-order valence-corrected chi connectivity index (χ1v) is 6.46. The van der Waals surface area contributed by atoms with Gasteiger partial charge in [0, 0.05) is 12.6 Å². The molecule has 1 aromatic rings. The van der Waals surface area contributed by atoms with Crippen molar-refractivity contribution >= 4 is 0 Å². The van der Waals surface area contributed by atoms with Gasteiger partial charge in [0.05, 0.1) is 6.10 Å². The molecule has 0 saturated carbocycles. The summed E-state index contributed by atoms with van der Waals surface area (Å²) in [7, 11) is 0. The molecule has 0 fully saturated rings. The Morgan fingerprint density at radius 2 is 1.76 bits per heavy atom. The first-order chi connectivity index (χ1) is 8.36. The number of rotatable bonds is 3. The van der Waals surface area contributed by atoms with E-state index in [1.807, 2.05) is 18.2 Å². The second-order valence-corrected chi connectivity index (χ2v) is 4.67. The standard InChI is InChI=1S/C15H21NO/c17-15-11-7-2-1-6-10-14(15)16-12-13-8-4-3-5-9-13/h1-5,8-9,14-17H,6-7,10-12H2/b2-1-/t14-,15-/m0/s1. The van der Waals surface area contributed by atoms with E-state index in [9.17, 15) is 5.11 Å². The van der Waals surface area contributed by atoms with Crippen molar-refractivity contribution in [2.24, 2.45) is 0 Å². The maximum absolute atomic E-state index is 10.1. The zero-order valence-corrected chi connectivity index (χ0v) is 10.2. The molecule has 2 heteroatoms. The average Bonchev–Trinajstić information content (AvgIpc) is 2.35. The van der Waals surface area contributed by atoms with Gasteiger partial charge < -0.3 is 10.4 Å².